The SMILES string of the molecule is CS(=O)(=O)C1CCN(C(=O)C2CCN(c3ccc(C=O)cc3)CC2)CC1. The number of hydrogen-bond donors (Lipinski definition) is 0. The van der Waals surface area contributed by atoms with Gasteiger partial charge in [-0.05, 0) is 49.9 Å². The van der Waals surface area contributed by atoms with Crippen LogP contribution in [0, 0.1) is 5.92 Å². The van der Waals surface area contributed by atoms with E-state index in [4.69, 9.17) is 0 Å². The van der Waals surface area contributed by atoms with Crippen molar-refractivity contribution >= 4 is 27.7 Å². The van der Waals surface area contributed by atoms with Crippen molar-refractivity contribution in [3.63, 3.8) is 0 Å². The second-order valence-electron chi connectivity index (χ2n) is 7.32. The van der Waals surface area contributed by atoms with Gasteiger partial charge in [0.25, 0.3) is 0 Å². The third-order valence-electron chi connectivity index (χ3n) is 5.60. The second kappa shape index (κ2) is 7.78. The molecule has 2 saturated heterocycles. The van der Waals surface area contributed by atoms with Crippen molar-refractivity contribution in [2.75, 3.05) is 37.3 Å². The normalized spacial score (nSPS) is 20.2. The molecule has 0 aliphatic carbocycles. The first-order valence-corrected chi connectivity index (χ1v) is 11.1. The van der Waals surface area contributed by atoms with Gasteiger partial charge in [0, 0.05) is 49.6 Å². The van der Waals surface area contributed by atoms with Gasteiger partial charge in [0.05, 0.1) is 5.25 Å². The summed E-state index contributed by atoms with van der Waals surface area (Å²) >= 11 is 0. The zero-order chi connectivity index (χ0) is 18.7. The third-order valence-corrected chi connectivity index (χ3v) is 7.28. The lowest BCUT2D eigenvalue weighted by Gasteiger charge is -2.37. The summed E-state index contributed by atoms with van der Waals surface area (Å²) in [6.07, 6.45) is 4.83. The van der Waals surface area contributed by atoms with Gasteiger partial charge in [0.1, 0.15) is 16.1 Å². The average molecular weight is 378 g/mol. The monoisotopic (exact) mass is 378 g/mol. The molecule has 6 nitrogen and oxygen atoms in total. The standard InChI is InChI=1S/C19H26N2O4S/c1-26(24,25)18-8-12-21(13-9-18)19(23)16-6-10-20(11-7-16)17-4-2-15(14-22)3-5-17/h2-5,14,16,18H,6-13H2,1H3. The zero-order valence-electron chi connectivity index (χ0n) is 15.1. The van der Waals surface area contributed by atoms with Gasteiger partial charge in [-0.2, -0.15) is 0 Å². The summed E-state index contributed by atoms with van der Waals surface area (Å²) in [4.78, 5) is 27.6. The Balaban J connectivity index is 1.51. The van der Waals surface area contributed by atoms with Crippen LogP contribution in [0.1, 0.15) is 36.0 Å². The molecule has 0 unspecified atom stereocenters. The number of sulfone groups is 1. The van der Waals surface area contributed by atoms with Crippen LogP contribution in [0.5, 0.6) is 0 Å². The van der Waals surface area contributed by atoms with E-state index < -0.39 is 9.84 Å². The Bertz CT molecular complexity index is 744. The molecule has 0 saturated carbocycles. The first-order valence-electron chi connectivity index (χ1n) is 9.16. The minimum Gasteiger partial charge on any atom is -0.371 e. The van der Waals surface area contributed by atoms with E-state index in [1.54, 1.807) is 0 Å². The molecule has 0 bridgehead atoms. The van der Waals surface area contributed by atoms with Crippen LogP contribution in [0.25, 0.3) is 0 Å². The molecule has 1 aromatic rings. The van der Waals surface area contributed by atoms with Crippen LogP contribution in [-0.4, -0.2) is 63.2 Å². The molecule has 2 aliphatic heterocycles. The number of likely N-dealkylation sites (tertiary alicyclic amines) is 1. The lowest BCUT2D eigenvalue weighted by atomic mass is 9.94. The summed E-state index contributed by atoms with van der Waals surface area (Å²) in [6, 6.07) is 7.51. The number of anilines is 1. The molecule has 0 spiro atoms. The highest BCUT2D eigenvalue weighted by Gasteiger charge is 2.33. The maximum atomic E-state index is 12.8. The summed E-state index contributed by atoms with van der Waals surface area (Å²) in [7, 11) is -3.01. The highest BCUT2D eigenvalue weighted by atomic mass is 32.2. The van der Waals surface area contributed by atoms with Crippen molar-refractivity contribution in [2.24, 2.45) is 5.92 Å². The molecule has 3 rings (SSSR count). The van der Waals surface area contributed by atoms with E-state index in [9.17, 15) is 18.0 Å². The van der Waals surface area contributed by atoms with Crippen molar-refractivity contribution in [2.45, 2.75) is 30.9 Å². The molecular weight excluding hydrogens is 352 g/mol. The number of rotatable bonds is 4. The Morgan fingerprint density at radius 1 is 1.00 bits per heavy atom. The fourth-order valence-corrected chi connectivity index (χ4v) is 4.98. The van der Waals surface area contributed by atoms with E-state index in [1.807, 2.05) is 29.2 Å². The number of nitrogens with zero attached hydrogens (tertiary/aromatic N) is 2. The van der Waals surface area contributed by atoms with Crippen molar-refractivity contribution in [3.05, 3.63) is 29.8 Å². The summed E-state index contributed by atoms with van der Waals surface area (Å²) in [5.41, 5.74) is 1.74. The molecule has 2 fully saturated rings. The Morgan fingerprint density at radius 2 is 1.58 bits per heavy atom. The van der Waals surface area contributed by atoms with Gasteiger partial charge in [0.2, 0.25) is 5.91 Å². The number of aldehydes is 1. The summed E-state index contributed by atoms with van der Waals surface area (Å²) in [5.74, 6) is 0.197. The molecule has 142 valence electrons. The van der Waals surface area contributed by atoms with Crippen molar-refractivity contribution in [1.82, 2.24) is 4.90 Å². The fraction of sp³-hybridized carbons (Fsp3) is 0.579. The molecule has 1 amide bonds. The Morgan fingerprint density at radius 3 is 2.08 bits per heavy atom. The van der Waals surface area contributed by atoms with Crippen LogP contribution in [-0.2, 0) is 14.6 Å². The first kappa shape index (κ1) is 18.9. The number of benzene rings is 1. The highest BCUT2D eigenvalue weighted by molar-refractivity contribution is 7.91. The topological polar surface area (TPSA) is 74.8 Å². The van der Waals surface area contributed by atoms with E-state index in [-0.39, 0.29) is 17.1 Å². The Kier molecular flexibility index (Phi) is 5.65. The van der Waals surface area contributed by atoms with Gasteiger partial charge in [-0.3, -0.25) is 9.59 Å². The number of carbonyl (C=O) groups is 2. The van der Waals surface area contributed by atoms with Crippen LogP contribution in [0.15, 0.2) is 24.3 Å². The lowest BCUT2D eigenvalue weighted by molar-refractivity contribution is -0.137. The Labute approximate surface area is 155 Å². The van der Waals surface area contributed by atoms with Crippen LogP contribution in [0.4, 0.5) is 5.69 Å². The quantitative estimate of drug-likeness (QED) is 0.746. The number of amides is 1. The van der Waals surface area contributed by atoms with E-state index in [1.165, 1.54) is 6.26 Å². The van der Waals surface area contributed by atoms with E-state index in [2.05, 4.69) is 4.90 Å². The predicted molar refractivity (Wildman–Crippen MR) is 101 cm³/mol. The molecular formula is C19H26N2O4S. The number of hydrogen-bond acceptors (Lipinski definition) is 5. The maximum absolute atomic E-state index is 12.8. The van der Waals surface area contributed by atoms with E-state index in [0.717, 1.165) is 37.9 Å². The molecule has 2 aliphatic rings. The van der Waals surface area contributed by atoms with Crippen molar-refractivity contribution < 1.29 is 18.0 Å². The largest absolute Gasteiger partial charge is 0.371 e. The van der Waals surface area contributed by atoms with Gasteiger partial charge in [-0.25, -0.2) is 8.42 Å². The molecule has 0 atom stereocenters. The van der Waals surface area contributed by atoms with Crippen LogP contribution in [0.2, 0.25) is 0 Å². The predicted octanol–water partition coefficient (Wildman–Crippen LogP) is 1.75. The van der Waals surface area contributed by atoms with Crippen LogP contribution >= 0.6 is 0 Å². The number of carbonyl (C=O) groups excluding carboxylic acids is 2. The van der Waals surface area contributed by atoms with Crippen LogP contribution < -0.4 is 4.90 Å². The molecule has 2 heterocycles. The summed E-state index contributed by atoms with van der Waals surface area (Å²) < 4.78 is 23.3. The van der Waals surface area contributed by atoms with Gasteiger partial charge < -0.3 is 9.80 Å². The molecule has 0 radical (unpaired) electrons. The van der Waals surface area contributed by atoms with Gasteiger partial charge >= 0.3 is 0 Å². The van der Waals surface area contributed by atoms with Gasteiger partial charge in [-0.1, -0.05) is 0 Å². The molecule has 26 heavy (non-hydrogen) atoms. The lowest BCUT2D eigenvalue weighted by Crippen LogP contribution is -2.47. The summed E-state index contributed by atoms with van der Waals surface area (Å²) in [6.45, 7) is 2.72. The molecule has 0 N–H and O–H groups in total. The van der Waals surface area contributed by atoms with Gasteiger partial charge in [0.15, 0.2) is 0 Å². The van der Waals surface area contributed by atoms with Crippen LogP contribution in [0.3, 0.4) is 0 Å². The molecule has 7 heteroatoms. The van der Waals surface area contributed by atoms with Gasteiger partial charge in [-0.15, -0.1) is 0 Å². The van der Waals surface area contributed by atoms with Crippen molar-refractivity contribution in [3.8, 4) is 0 Å². The fourth-order valence-electron chi connectivity index (χ4n) is 3.91. The first-order chi connectivity index (χ1) is 12.4. The highest BCUT2D eigenvalue weighted by Crippen LogP contribution is 2.26. The second-order valence-corrected chi connectivity index (χ2v) is 9.65. The van der Waals surface area contributed by atoms with E-state index >= 15 is 0 Å². The minimum absolute atomic E-state index is 0.0234. The third kappa shape index (κ3) is 4.26. The maximum Gasteiger partial charge on any atom is 0.225 e. The summed E-state index contributed by atoms with van der Waals surface area (Å²) in [5, 5.41) is -0.303. The molecule has 0 aromatic heterocycles. The zero-order valence-corrected chi connectivity index (χ0v) is 16.0. The number of piperidine rings is 2. The van der Waals surface area contributed by atoms with Crippen molar-refractivity contribution in [1.29, 1.82) is 0 Å². The Hall–Kier alpha value is -1.89. The average Bonchev–Trinajstić information content (AvgIpc) is 2.67. The van der Waals surface area contributed by atoms with E-state index in [0.29, 0.717) is 31.5 Å². The molecule has 1 aromatic carbocycles. The minimum atomic E-state index is -3.01. The smallest absolute Gasteiger partial charge is 0.225 e.